The average Bonchev–Trinajstić information content (AvgIpc) is 2.71. The van der Waals surface area contributed by atoms with Gasteiger partial charge < -0.3 is 5.32 Å². The Kier molecular flexibility index (Phi) is 5.63. The van der Waals surface area contributed by atoms with Crippen molar-refractivity contribution in [2.75, 3.05) is 5.32 Å². The van der Waals surface area contributed by atoms with Gasteiger partial charge in [-0.25, -0.2) is 5.43 Å². The highest BCUT2D eigenvalue weighted by Gasteiger charge is 2.38. The number of rotatable bonds is 4. The molecule has 0 radical (unpaired) electrons. The number of amides is 2. The van der Waals surface area contributed by atoms with Crippen molar-refractivity contribution in [1.82, 2.24) is 5.43 Å². The molecule has 0 bridgehead atoms. The fourth-order valence-electron chi connectivity index (χ4n) is 2.68. The number of anilines is 1. The number of nitrogens with zero attached hydrogens (tertiary/aromatic N) is 1. The van der Waals surface area contributed by atoms with Crippen LogP contribution in [0, 0.1) is 0 Å². The first-order chi connectivity index (χ1) is 13.8. The molecule has 0 aliphatic rings. The van der Waals surface area contributed by atoms with Gasteiger partial charge in [0, 0.05) is 11.3 Å². The van der Waals surface area contributed by atoms with Crippen LogP contribution in [0.4, 0.5) is 18.9 Å². The van der Waals surface area contributed by atoms with E-state index in [0.29, 0.717) is 16.8 Å². The highest BCUT2D eigenvalue weighted by Crippen LogP contribution is 2.19. The summed E-state index contributed by atoms with van der Waals surface area (Å²) in [5.41, 5.74) is 3.99. The van der Waals surface area contributed by atoms with E-state index in [0.717, 1.165) is 10.8 Å². The molecule has 2 amide bonds. The SMILES string of the molecule is CC(=NNC(=O)c1cccc2ccccc12)c1ccc(NC(=O)C(F)(F)F)cc1. The summed E-state index contributed by atoms with van der Waals surface area (Å²) in [6.45, 7) is 1.65. The molecule has 0 spiro atoms. The average molecular weight is 399 g/mol. The maximum Gasteiger partial charge on any atom is 0.471 e. The van der Waals surface area contributed by atoms with Crippen molar-refractivity contribution >= 4 is 34.0 Å². The minimum Gasteiger partial charge on any atom is -0.318 e. The smallest absolute Gasteiger partial charge is 0.318 e. The van der Waals surface area contributed by atoms with Crippen molar-refractivity contribution in [2.24, 2.45) is 5.10 Å². The lowest BCUT2D eigenvalue weighted by molar-refractivity contribution is -0.167. The van der Waals surface area contributed by atoms with Crippen LogP contribution >= 0.6 is 0 Å². The molecule has 5 nitrogen and oxygen atoms in total. The molecule has 0 saturated carbocycles. The van der Waals surface area contributed by atoms with Crippen LogP contribution in [0.2, 0.25) is 0 Å². The fourth-order valence-corrected chi connectivity index (χ4v) is 2.68. The van der Waals surface area contributed by atoms with Crippen LogP contribution in [-0.2, 0) is 4.79 Å². The molecule has 0 aliphatic carbocycles. The Labute approximate surface area is 164 Å². The first kappa shape index (κ1) is 20.1. The summed E-state index contributed by atoms with van der Waals surface area (Å²) in [5, 5.41) is 7.54. The Bertz CT molecular complexity index is 1090. The summed E-state index contributed by atoms with van der Waals surface area (Å²) < 4.78 is 36.9. The zero-order chi connectivity index (χ0) is 21.0. The number of hydrogen-bond acceptors (Lipinski definition) is 3. The maximum absolute atomic E-state index is 12.5. The Hall–Kier alpha value is -3.68. The molecule has 0 atom stereocenters. The van der Waals surface area contributed by atoms with Crippen LogP contribution in [0.5, 0.6) is 0 Å². The largest absolute Gasteiger partial charge is 0.471 e. The van der Waals surface area contributed by atoms with Gasteiger partial charge >= 0.3 is 12.1 Å². The van der Waals surface area contributed by atoms with Gasteiger partial charge in [-0.05, 0) is 41.5 Å². The number of hydrazone groups is 1. The van der Waals surface area contributed by atoms with Gasteiger partial charge in [0.15, 0.2) is 0 Å². The summed E-state index contributed by atoms with van der Waals surface area (Å²) in [7, 11) is 0. The number of carbonyl (C=O) groups excluding carboxylic acids is 2. The fraction of sp³-hybridized carbons (Fsp3) is 0.0952. The van der Waals surface area contributed by atoms with E-state index in [9.17, 15) is 22.8 Å². The number of nitrogens with one attached hydrogen (secondary N) is 2. The molecule has 8 heteroatoms. The van der Waals surface area contributed by atoms with Gasteiger partial charge in [0.2, 0.25) is 0 Å². The van der Waals surface area contributed by atoms with Gasteiger partial charge in [0.05, 0.1) is 5.71 Å². The molecular weight excluding hydrogens is 383 g/mol. The second-order valence-electron chi connectivity index (χ2n) is 6.19. The molecule has 0 saturated heterocycles. The maximum atomic E-state index is 12.5. The normalized spacial score (nSPS) is 11.9. The first-order valence-corrected chi connectivity index (χ1v) is 8.57. The Morgan fingerprint density at radius 2 is 1.55 bits per heavy atom. The van der Waals surface area contributed by atoms with E-state index in [1.54, 1.807) is 24.4 Å². The summed E-state index contributed by atoms with van der Waals surface area (Å²) in [5.74, 6) is -2.42. The van der Waals surface area contributed by atoms with Crippen molar-refractivity contribution in [3.8, 4) is 0 Å². The lowest BCUT2D eigenvalue weighted by atomic mass is 10.0. The molecule has 2 N–H and O–H groups in total. The number of fused-ring (bicyclic) bond motifs is 1. The lowest BCUT2D eigenvalue weighted by Crippen LogP contribution is -2.29. The predicted octanol–water partition coefficient (Wildman–Crippen LogP) is 4.49. The Morgan fingerprint density at radius 3 is 2.24 bits per heavy atom. The van der Waals surface area contributed by atoms with Gasteiger partial charge in [-0.15, -0.1) is 0 Å². The van der Waals surface area contributed by atoms with Crippen molar-refractivity contribution in [2.45, 2.75) is 13.1 Å². The third kappa shape index (κ3) is 4.78. The predicted molar refractivity (Wildman–Crippen MR) is 105 cm³/mol. The number of benzene rings is 3. The topological polar surface area (TPSA) is 70.6 Å². The summed E-state index contributed by atoms with van der Waals surface area (Å²) in [6, 6.07) is 18.5. The Balaban J connectivity index is 1.71. The second-order valence-corrected chi connectivity index (χ2v) is 6.19. The van der Waals surface area contributed by atoms with Crippen molar-refractivity contribution in [1.29, 1.82) is 0 Å². The Morgan fingerprint density at radius 1 is 0.897 bits per heavy atom. The third-order valence-electron chi connectivity index (χ3n) is 4.18. The van der Waals surface area contributed by atoms with Gasteiger partial charge in [-0.1, -0.05) is 48.5 Å². The third-order valence-corrected chi connectivity index (χ3v) is 4.18. The zero-order valence-corrected chi connectivity index (χ0v) is 15.2. The van der Waals surface area contributed by atoms with Gasteiger partial charge in [0.25, 0.3) is 5.91 Å². The molecule has 0 unspecified atom stereocenters. The minimum absolute atomic E-state index is 0.00339. The molecule has 0 fully saturated rings. The molecule has 3 rings (SSSR count). The van der Waals surface area contributed by atoms with Crippen LogP contribution in [0.1, 0.15) is 22.8 Å². The molecular formula is C21H16F3N3O2. The van der Waals surface area contributed by atoms with Crippen molar-refractivity contribution in [3.05, 3.63) is 77.9 Å². The van der Waals surface area contributed by atoms with Gasteiger partial charge in [0.1, 0.15) is 0 Å². The highest BCUT2D eigenvalue weighted by molar-refractivity contribution is 6.08. The van der Waals surface area contributed by atoms with E-state index < -0.39 is 12.1 Å². The quantitative estimate of drug-likeness (QED) is 0.501. The van der Waals surface area contributed by atoms with E-state index >= 15 is 0 Å². The van der Waals surface area contributed by atoms with Crippen LogP contribution in [0.15, 0.2) is 71.8 Å². The zero-order valence-electron chi connectivity index (χ0n) is 15.2. The van der Waals surface area contributed by atoms with Crippen molar-refractivity contribution < 1.29 is 22.8 Å². The molecule has 3 aromatic rings. The van der Waals surface area contributed by atoms with Crippen LogP contribution in [0.3, 0.4) is 0 Å². The standard InChI is InChI=1S/C21H16F3N3O2/c1-13(14-9-11-16(12-10-14)25-20(29)21(22,23)24)26-27-19(28)18-8-4-6-15-5-2-3-7-17(15)18/h2-12H,1H3,(H,25,29)(H,27,28). The van der Waals surface area contributed by atoms with E-state index in [-0.39, 0.29) is 11.6 Å². The summed E-state index contributed by atoms with van der Waals surface area (Å²) >= 11 is 0. The van der Waals surface area contributed by atoms with E-state index in [4.69, 9.17) is 0 Å². The number of halogens is 3. The van der Waals surface area contributed by atoms with Crippen LogP contribution < -0.4 is 10.7 Å². The first-order valence-electron chi connectivity index (χ1n) is 8.57. The second kappa shape index (κ2) is 8.14. The number of hydrogen-bond donors (Lipinski definition) is 2. The molecule has 0 aromatic heterocycles. The highest BCUT2D eigenvalue weighted by atomic mass is 19.4. The molecule has 0 heterocycles. The van der Waals surface area contributed by atoms with Crippen LogP contribution in [-0.4, -0.2) is 23.7 Å². The molecule has 0 aliphatic heterocycles. The summed E-state index contributed by atoms with van der Waals surface area (Å²) in [6.07, 6.45) is -4.96. The molecule has 29 heavy (non-hydrogen) atoms. The van der Waals surface area contributed by atoms with Crippen molar-refractivity contribution in [3.63, 3.8) is 0 Å². The van der Waals surface area contributed by atoms with Gasteiger partial charge in [-0.2, -0.15) is 18.3 Å². The summed E-state index contributed by atoms with van der Waals surface area (Å²) in [4.78, 5) is 23.4. The lowest BCUT2D eigenvalue weighted by Gasteiger charge is -2.09. The monoisotopic (exact) mass is 399 g/mol. The molecule has 148 valence electrons. The number of alkyl halides is 3. The van der Waals surface area contributed by atoms with E-state index in [2.05, 4.69) is 10.5 Å². The minimum atomic E-state index is -4.96. The van der Waals surface area contributed by atoms with E-state index in [1.165, 1.54) is 24.3 Å². The van der Waals surface area contributed by atoms with Gasteiger partial charge in [-0.3, -0.25) is 9.59 Å². The van der Waals surface area contributed by atoms with Crippen LogP contribution in [0.25, 0.3) is 10.8 Å². The number of carbonyl (C=O) groups is 2. The van der Waals surface area contributed by atoms with E-state index in [1.807, 2.05) is 30.3 Å². The molecule has 3 aromatic carbocycles.